The van der Waals surface area contributed by atoms with E-state index in [1.165, 1.54) is 17.0 Å². The number of nitro benzene ring substituents is 1. The van der Waals surface area contributed by atoms with Gasteiger partial charge in [0.15, 0.2) is 5.11 Å². The fourth-order valence-electron chi connectivity index (χ4n) is 2.56. The number of amides is 1. The third-order valence-electron chi connectivity index (χ3n) is 4.08. The number of rotatable bonds is 3. The van der Waals surface area contributed by atoms with E-state index < -0.39 is 4.92 Å². The van der Waals surface area contributed by atoms with Gasteiger partial charge in [0.05, 0.1) is 10.6 Å². The minimum atomic E-state index is -0.470. The van der Waals surface area contributed by atoms with Gasteiger partial charge in [0.25, 0.3) is 11.6 Å². The molecule has 26 heavy (non-hydrogen) atoms. The molecule has 2 aromatic carbocycles. The van der Waals surface area contributed by atoms with Gasteiger partial charge in [-0.2, -0.15) is 0 Å². The number of thiocarbonyl (C=S) groups is 1. The number of anilines is 1. The van der Waals surface area contributed by atoms with Gasteiger partial charge in [0.1, 0.15) is 5.70 Å². The van der Waals surface area contributed by atoms with Gasteiger partial charge in [0, 0.05) is 24.2 Å². The number of non-ortho nitro benzene ring substituents is 1. The quantitative estimate of drug-likeness (QED) is 0.342. The molecule has 0 atom stereocenters. The summed E-state index contributed by atoms with van der Waals surface area (Å²) in [7, 11) is 1.70. The molecule has 0 radical (unpaired) electrons. The first-order valence-corrected chi connectivity index (χ1v) is 8.42. The molecule has 0 N–H and O–H groups in total. The molecule has 1 amide bonds. The third-order valence-corrected chi connectivity index (χ3v) is 4.95. The van der Waals surface area contributed by atoms with Gasteiger partial charge in [-0.1, -0.05) is 17.7 Å². The Morgan fingerprint density at radius 2 is 1.85 bits per heavy atom. The number of carbonyl (C=O) groups excluding carboxylic acids is 1. The molecule has 0 bridgehead atoms. The van der Waals surface area contributed by atoms with Crippen LogP contribution in [0.5, 0.6) is 0 Å². The van der Waals surface area contributed by atoms with Crippen molar-refractivity contribution in [1.29, 1.82) is 0 Å². The molecule has 0 aromatic heterocycles. The van der Waals surface area contributed by atoms with Crippen LogP contribution in [-0.2, 0) is 4.79 Å². The smallest absolute Gasteiger partial charge is 0.281 e. The number of likely N-dealkylation sites (N-methyl/N-ethyl adjacent to an activating group) is 1. The van der Waals surface area contributed by atoms with Gasteiger partial charge in [-0.15, -0.1) is 0 Å². The summed E-state index contributed by atoms with van der Waals surface area (Å²) in [5.41, 5.74) is 2.53. The zero-order valence-corrected chi connectivity index (χ0v) is 15.5. The van der Waals surface area contributed by atoms with E-state index >= 15 is 0 Å². The molecule has 3 rings (SSSR count). The van der Waals surface area contributed by atoms with Crippen molar-refractivity contribution in [2.24, 2.45) is 0 Å². The Kier molecular flexibility index (Phi) is 4.76. The average Bonchev–Trinajstić information content (AvgIpc) is 2.81. The molecule has 1 aliphatic heterocycles. The molecule has 1 aliphatic rings. The molecule has 0 aliphatic carbocycles. The molecule has 6 nitrogen and oxygen atoms in total. The van der Waals surface area contributed by atoms with Crippen LogP contribution in [0.15, 0.2) is 48.2 Å². The third kappa shape index (κ3) is 3.18. The number of hydrogen-bond acceptors (Lipinski definition) is 4. The predicted octanol–water partition coefficient (Wildman–Crippen LogP) is 4.16. The SMILES string of the molecule is Cc1ccc(N2C(=O)/C(=C\c3ccc([N+](=O)[O-])cc3)N(C)C2=S)cc1Cl. The highest BCUT2D eigenvalue weighted by atomic mass is 35.5. The largest absolute Gasteiger partial charge is 0.317 e. The molecule has 8 heteroatoms. The van der Waals surface area contributed by atoms with Gasteiger partial charge >= 0.3 is 0 Å². The number of carbonyl (C=O) groups is 1. The fourth-order valence-corrected chi connectivity index (χ4v) is 3.02. The maximum absolute atomic E-state index is 12.9. The first-order chi connectivity index (χ1) is 12.3. The zero-order valence-electron chi connectivity index (χ0n) is 14.0. The Hall–Kier alpha value is -2.77. The Bertz CT molecular complexity index is 957. The van der Waals surface area contributed by atoms with Crippen LogP contribution in [0.3, 0.4) is 0 Å². The van der Waals surface area contributed by atoms with Crippen LogP contribution >= 0.6 is 23.8 Å². The van der Waals surface area contributed by atoms with Crippen LogP contribution in [0.1, 0.15) is 11.1 Å². The normalized spacial score (nSPS) is 15.9. The molecular weight excluding hydrogens is 374 g/mol. The van der Waals surface area contributed by atoms with Crippen molar-refractivity contribution in [1.82, 2.24) is 4.90 Å². The van der Waals surface area contributed by atoms with E-state index in [1.54, 1.807) is 42.3 Å². The number of nitro groups is 1. The van der Waals surface area contributed by atoms with Crippen molar-refractivity contribution in [3.8, 4) is 0 Å². The van der Waals surface area contributed by atoms with Crippen LogP contribution < -0.4 is 4.90 Å². The molecule has 0 saturated carbocycles. The Morgan fingerprint density at radius 1 is 1.19 bits per heavy atom. The van der Waals surface area contributed by atoms with Crippen LogP contribution in [0.4, 0.5) is 11.4 Å². The zero-order chi connectivity index (χ0) is 19.0. The second kappa shape index (κ2) is 6.86. The monoisotopic (exact) mass is 387 g/mol. The van der Waals surface area contributed by atoms with E-state index in [0.717, 1.165) is 5.56 Å². The Balaban J connectivity index is 1.96. The summed E-state index contributed by atoms with van der Waals surface area (Å²) in [6, 6.07) is 11.3. The standard InChI is InChI=1S/C18H14ClN3O3S/c1-11-3-6-14(10-15(11)19)21-17(23)16(20(2)18(21)26)9-12-4-7-13(8-5-12)22(24)25/h3-10H,1-2H3/b16-9+. The van der Waals surface area contributed by atoms with Crippen LogP contribution in [0, 0.1) is 17.0 Å². The van der Waals surface area contributed by atoms with Gasteiger partial charge < -0.3 is 4.90 Å². The highest BCUT2D eigenvalue weighted by Crippen LogP contribution is 2.30. The molecule has 2 aromatic rings. The maximum atomic E-state index is 12.9. The minimum Gasteiger partial charge on any atom is -0.317 e. The van der Waals surface area contributed by atoms with Crippen LogP contribution in [0.2, 0.25) is 5.02 Å². The van der Waals surface area contributed by atoms with Crippen molar-refractivity contribution in [2.75, 3.05) is 11.9 Å². The molecule has 0 unspecified atom stereocenters. The average molecular weight is 388 g/mol. The first-order valence-electron chi connectivity index (χ1n) is 7.64. The summed E-state index contributed by atoms with van der Waals surface area (Å²) in [5.74, 6) is -0.282. The number of benzene rings is 2. The topological polar surface area (TPSA) is 66.7 Å². The lowest BCUT2D eigenvalue weighted by Gasteiger charge is -2.17. The predicted molar refractivity (Wildman–Crippen MR) is 105 cm³/mol. The van der Waals surface area contributed by atoms with Crippen molar-refractivity contribution >= 4 is 52.3 Å². The van der Waals surface area contributed by atoms with E-state index in [0.29, 0.717) is 27.1 Å². The maximum Gasteiger partial charge on any atom is 0.281 e. The number of halogens is 1. The second-order valence-electron chi connectivity index (χ2n) is 5.79. The highest BCUT2D eigenvalue weighted by molar-refractivity contribution is 7.80. The lowest BCUT2D eigenvalue weighted by atomic mass is 10.1. The second-order valence-corrected chi connectivity index (χ2v) is 6.57. The van der Waals surface area contributed by atoms with E-state index in [1.807, 2.05) is 13.0 Å². The molecular formula is C18H14ClN3O3S. The van der Waals surface area contributed by atoms with E-state index in [4.69, 9.17) is 23.8 Å². The molecule has 1 fully saturated rings. The van der Waals surface area contributed by atoms with Gasteiger partial charge in [-0.3, -0.25) is 19.8 Å². The number of aryl methyl sites for hydroxylation is 1. The summed E-state index contributed by atoms with van der Waals surface area (Å²) in [5, 5.41) is 11.6. The summed E-state index contributed by atoms with van der Waals surface area (Å²) < 4.78 is 0. The van der Waals surface area contributed by atoms with Crippen LogP contribution in [-0.4, -0.2) is 27.9 Å². The molecule has 132 valence electrons. The molecule has 1 saturated heterocycles. The van der Waals surface area contributed by atoms with E-state index in [2.05, 4.69) is 0 Å². The van der Waals surface area contributed by atoms with E-state index in [-0.39, 0.29) is 11.6 Å². The summed E-state index contributed by atoms with van der Waals surface area (Å²) in [4.78, 5) is 26.2. The molecule has 1 heterocycles. The van der Waals surface area contributed by atoms with E-state index in [9.17, 15) is 14.9 Å². The van der Waals surface area contributed by atoms with Crippen molar-refractivity contribution in [3.63, 3.8) is 0 Å². The fraction of sp³-hybridized carbons (Fsp3) is 0.111. The number of nitrogens with zero attached hydrogens (tertiary/aromatic N) is 3. The van der Waals surface area contributed by atoms with Gasteiger partial charge in [0.2, 0.25) is 0 Å². The summed E-state index contributed by atoms with van der Waals surface area (Å²) in [6.07, 6.45) is 1.65. The van der Waals surface area contributed by atoms with Crippen LogP contribution in [0.25, 0.3) is 6.08 Å². The number of hydrogen-bond donors (Lipinski definition) is 0. The molecule has 0 spiro atoms. The summed E-state index contributed by atoms with van der Waals surface area (Å²) in [6.45, 7) is 1.88. The van der Waals surface area contributed by atoms with Crippen molar-refractivity contribution in [2.45, 2.75) is 6.92 Å². The minimum absolute atomic E-state index is 0.00954. The van der Waals surface area contributed by atoms with Gasteiger partial charge in [-0.05, 0) is 60.6 Å². The summed E-state index contributed by atoms with van der Waals surface area (Å²) >= 11 is 11.6. The van der Waals surface area contributed by atoms with Crippen molar-refractivity contribution < 1.29 is 9.72 Å². The first kappa shape index (κ1) is 18.0. The lowest BCUT2D eigenvalue weighted by molar-refractivity contribution is -0.384. The van der Waals surface area contributed by atoms with Crippen molar-refractivity contribution in [3.05, 3.63) is 74.4 Å². The lowest BCUT2D eigenvalue weighted by Crippen LogP contribution is -2.31. The highest BCUT2D eigenvalue weighted by Gasteiger charge is 2.36. The Labute approximate surface area is 160 Å². The van der Waals surface area contributed by atoms with Gasteiger partial charge in [-0.25, -0.2) is 0 Å². The Morgan fingerprint density at radius 3 is 2.42 bits per heavy atom.